The van der Waals surface area contributed by atoms with Crippen LogP contribution < -0.4 is 5.32 Å². The van der Waals surface area contributed by atoms with Crippen molar-refractivity contribution in [2.75, 3.05) is 26.8 Å². The predicted octanol–water partition coefficient (Wildman–Crippen LogP) is 2.24. The Kier molecular flexibility index (Phi) is 7.39. The standard InChI is InChI=1S/C14H18ClFN2O2.ClH/c1-18(8-10-2-3-11(16)6-13(10)15)14(19)7-12-9-20-5-4-17-12;/h2-3,6,12,17H,4-5,7-9H2,1H3;1H. The smallest absolute Gasteiger partial charge is 0.224 e. The molecule has 1 aromatic carbocycles. The van der Waals surface area contributed by atoms with Crippen LogP contribution in [0.1, 0.15) is 12.0 Å². The van der Waals surface area contributed by atoms with Gasteiger partial charge >= 0.3 is 0 Å². The molecule has 1 aliphatic rings. The average molecular weight is 337 g/mol. The van der Waals surface area contributed by atoms with Crippen LogP contribution in [-0.4, -0.2) is 43.7 Å². The fraction of sp³-hybridized carbons (Fsp3) is 0.500. The van der Waals surface area contributed by atoms with Crippen LogP contribution in [0.3, 0.4) is 0 Å². The minimum atomic E-state index is -0.378. The van der Waals surface area contributed by atoms with Gasteiger partial charge in [-0.3, -0.25) is 4.79 Å². The van der Waals surface area contributed by atoms with Crippen molar-refractivity contribution in [3.8, 4) is 0 Å². The Morgan fingerprint density at radius 1 is 1.57 bits per heavy atom. The molecule has 2 rings (SSSR count). The van der Waals surface area contributed by atoms with Crippen LogP contribution in [0, 0.1) is 5.82 Å². The first kappa shape index (κ1) is 18.2. The van der Waals surface area contributed by atoms with Crippen LogP contribution in [0.15, 0.2) is 18.2 Å². The number of morpholine rings is 1. The van der Waals surface area contributed by atoms with E-state index in [0.29, 0.717) is 31.2 Å². The summed E-state index contributed by atoms with van der Waals surface area (Å²) >= 11 is 5.96. The fourth-order valence-electron chi connectivity index (χ4n) is 2.11. The van der Waals surface area contributed by atoms with Crippen molar-refractivity contribution < 1.29 is 13.9 Å². The van der Waals surface area contributed by atoms with E-state index in [9.17, 15) is 9.18 Å². The van der Waals surface area contributed by atoms with Crippen LogP contribution >= 0.6 is 24.0 Å². The number of halogens is 3. The van der Waals surface area contributed by atoms with Crippen LogP contribution in [0.4, 0.5) is 4.39 Å². The molecule has 1 aromatic rings. The predicted molar refractivity (Wildman–Crippen MR) is 82.4 cm³/mol. The number of nitrogens with one attached hydrogen (secondary N) is 1. The SMILES string of the molecule is CN(Cc1ccc(F)cc1Cl)C(=O)CC1COCCN1.Cl. The summed E-state index contributed by atoms with van der Waals surface area (Å²) in [6.45, 7) is 2.37. The second-order valence-corrected chi connectivity index (χ2v) is 5.32. The minimum Gasteiger partial charge on any atom is -0.378 e. The lowest BCUT2D eigenvalue weighted by Gasteiger charge is -2.26. The largest absolute Gasteiger partial charge is 0.378 e. The summed E-state index contributed by atoms with van der Waals surface area (Å²) in [6, 6.07) is 4.26. The van der Waals surface area contributed by atoms with E-state index in [4.69, 9.17) is 16.3 Å². The Bertz CT molecular complexity index is 482. The topological polar surface area (TPSA) is 41.6 Å². The van der Waals surface area contributed by atoms with Gasteiger partial charge in [-0.25, -0.2) is 4.39 Å². The number of ether oxygens (including phenoxy) is 1. The fourth-order valence-corrected chi connectivity index (χ4v) is 2.34. The Morgan fingerprint density at radius 2 is 2.33 bits per heavy atom. The molecule has 1 saturated heterocycles. The Balaban J connectivity index is 0.00000220. The number of carbonyl (C=O) groups is 1. The monoisotopic (exact) mass is 336 g/mol. The summed E-state index contributed by atoms with van der Waals surface area (Å²) < 4.78 is 18.3. The van der Waals surface area contributed by atoms with Crippen LogP contribution in [0.2, 0.25) is 5.02 Å². The molecule has 1 unspecified atom stereocenters. The number of carbonyl (C=O) groups excluding carboxylic acids is 1. The van der Waals surface area contributed by atoms with Gasteiger partial charge in [0.2, 0.25) is 5.91 Å². The van der Waals surface area contributed by atoms with E-state index >= 15 is 0 Å². The summed E-state index contributed by atoms with van der Waals surface area (Å²) in [5.74, 6) is -0.371. The van der Waals surface area contributed by atoms with Crippen molar-refractivity contribution in [3.63, 3.8) is 0 Å². The quantitative estimate of drug-likeness (QED) is 0.916. The highest BCUT2D eigenvalue weighted by molar-refractivity contribution is 6.31. The molecule has 0 radical (unpaired) electrons. The molecule has 4 nitrogen and oxygen atoms in total. The molecule has 118 valence electrons. The Hall–Kier alpha value is -0.880. The lowest BCUT2D eigenvalue weighted by atomic mass is 10.1. The van der Waals surface area contributed by atoms with Crippen molar-refractivity contribution in [3.05, 3.63) is 34.6 Å². The number of benzene rings is 1. The molecule has 1 atom stereocenters. The Labute approximate surface area is 135 Å². The zero-order valence-electron chi connectivity index (χ0n) is 11.8. The van der Waals surface area contributed by atoms with E-state index in [0.717, 1.165) is 12.1 Å². The van der Waals surface area contributed by atoms with Crippen LogP contribution in [-0.2, 0) is 16.1 Å². The van der Waals surface area contributed by atoms with Gasteiger partial charge in [0.15, 0.2) is 0 Å². The number of hydrogen-bond donors (Lipinski definition) is 1. The summed E-state index contributed by atoms with van der Waals surface area (Å²) in [4.78, 5) is 13.7. The summed E-state index contributed by atoms with van der Waals surface area (Å²) in [7, 11) is 1.71. The molecule has 0 bridgehead atoms. The van der Waals surface area contributed by atoms with Gasteiger partial charge in [0.1, 0.15) is 5.82 Å². The highest BCUT2D eigenvalue weighted by atomic mass is 35.5. The van der Waals surface area contributed by atoms with Crippen molar-refractivity contribution >= 4 is 29.9 Å². The van der Waals surface area contributed by atoms with Gasteiger partial charge in [0.25, 0.3) is 0 Å². The first-order valence-corrected chi connectivity index (χ1v) is 6.93. The minimum absolute atomic E-state index is 0. The van der Waals surface area contributed by atoms with Crippen molar-refractivity contribution in [1.29, 1.82) is 0 Å². The van der Waals surface area contributed by atoms with Crippen molar-refractivity contribution in [2.24, 2.45) is 0 Å². The zero-order valence-corrected chi connectivity index (χ0v) is 13.3. The van der Waals surface area contributed by atoms with Crippen LogP contribution in [0.5, 0.6) is 0 Å². The van der Waals surface area contributed by atoms with E-state index in [2.05, 4.69) is 5.32 Å². The highest BCUT2D eigenvalue weighted by Crippen LogP contribution is 2.19. The van der Waals surface area contributed by atoms with Crippen molar-refractivity contribution in [2.45, 2.75) is 19.0 Å². The van der Waals surface area contributed by atoms with Gasteiger partial charge in [0.05, 0.1) is 13.2 Å². The third-order valence-electron chi connectivity index (χ3n) is 3.27. The van der Waals surface area contributed by atoms with E-state index in [-0.39, 0.29) is 30.2 Å². The molecule has 0 aromatic heterocycles. The van der Waals surface area contributed by atoms with Crippen LogP contribution in [0.25, 0.3) is 0 Å². The first-order chi connectivity index (χ1) is 9.56. The molecular weight excluding hydrogens is 318 g/mol. The number of hydrogen-bond acceptors (Lipinski definition) is 3. The van der Waals surface area contributed by atoms with Gasteiger partial charge < -0.3 is 15.0 Å². The molecule has 1 aliphatic heterocycles. The zero-order chi connectivity index (χ0) is 14.5. The van der Waals surface area contributed by atoms with Gasteiger partial charge in [0, 0.05) is 37.6 Å². The lowest BCUT2D eigenvalue weighted by molar-refractivity contribution is -0.131. The second kappa shape index (κ2) is 8.54. The number of amides is 1. The molecule has 0 spiro atoms. The maximum atomic E-state index is 13.0. The molecule has 0 aliphatic carbocycles. The maximum Gasteiger partial charge on any atom is 0.224 e. The third-order valence-corrected chi connectivity index (χ3v) is 3.62. The molecule has 1 fully saturated rings. The summed E-state index contributed by atoms with van der Waals surface area (Å²) in [5.41, 5.74) is 0.733. The summed E-state index contributed by atoms with van der Waals surface area (Å²) in [6.07, 6.45) is 0.384. The number of nitrogens with zero attached hydrogens (tertiary/aromatic N) is 1. The molecule has 1 N–H and O–H groups in total. The lowest BCUT2D eigenvalue weighted by Crippen LogP contribution is -2.44. The Morgan fingerprint density at radius 3 is 2.95 bits per heavy atom. The molecular formula is C14H19Cl2FN2O2. The number of rotatable bonds is 4. The first-order valence-electron chi connectivity index (χ1n) is 6.55. The normalized spacial score (nSPS) is 18.0. The van der Waals surface area contributed by atoms with Gasteiger partial charge in [-0.1, -0.05) is 17.7 Å². The summed E-state index contributed by atoms with van der Waals surface area (Å²) in [5, 5.41) is 3.58. The van der Waals surface area contributed by atoms with E-state index < -0.39 is 0 Å². The molecule has 7 heteroatoms. The highest BCUT2D eigenvalue weighted by Gasteiger charge is 2.19. The van der Waals surface area contributed by atoms with Gasteiger partial charge in [-0.15, -0.1) is 12.4 Å². The molecule has 1 heterocycles. The average Bonchev–Trinajstić information content (AvgIpc) is 2.43. The maximum absolute atomic E-state index is 13.0. The molecule has 0 saturated carbocycles. The molecule has 21 heavy (non-hydrogen) atoms. The second-order valence-electron chi connectivity index (χ2n) is 4.92. The van der Waals surface area contributed by atoms with E-state index in [1.165, 1.54) is 12.1 Å². The van der Waals surface area contributed by atoms with Gasteiger partial charge in [-0.05, 0) is 17.7 Å². The van der Waals surface area contributed by atoms with Gasteiger partial charge in [-0.2, -0.15) is 0 Å². The van der Waals surface area contributed by atoms with Crippen molar-refractivity contribution in [1.82, 2.24) is 10.2 Å². The molecule has 1 amide bonds. The third kappa shape index (κ3) is 5.43. The van der Waals surface area contributed by atoms with E-state index in [1.54, 1.807) is 18.0 Å². The van der Waals surface area contributed by atoms with E-state index in [1.807, 2.05) is 0 Å².